The van der Waals surface area contributed by atoms with E-state index in [4.69, 9.17) is 16.9 Å². The maximum atomic E-state index is 10.9. The van der Waals surface area contributed by atoms with Gasteiger partial charge in [-0.05, 0) is 12.8 Å². The van der Waals surface area contributed by atoms with E-state index >= 15 is 0 Å². The van der Waals surface area contributed by atoms with E-state index in [2.05, 4.69) is 5.32 Å². The average molecular weight is 212 g/mol. The summed E-state index contributed by atoms with van der Waals surface area (Å²) >= 11 is 0. The van der Waals surface area contributed by atoms with Crippen LogP contribution >= 0.6 is 0 Å². The summed E-state index contributed by atoms with van der Waals surface area (Å²) in [7, 11) is 0. The highest BCUT2D eigenvalue weighted by Gasteiger charge is 2.34. The summed E-state index contributed by atoms with van der Waals surface area (Å²) in [6, 6.07) is -0.592. The van der Waals surface area contributed by atoms with Crippen LogP contribution in [0.1, 0.15) is 44.9 Å². The van der Waals surface area contributed by atoms with E-state index in [1.807, 2.05) is 0 Å². The van der Waals surface area contributed by atoms with E-state index < -0.39 is 11.6 Å². The van der Waals surface area contributed by atoms with Crippen molar-refractivity contribution in [1.29, 1.82) is 5.41 Å². The molecular weight excluding hydrogens is 192 g/mol. The number of carbonyl (C=O) groups excluding carboxylic acids is 1. The monoisotopic (exact) mass is 212 g/mol. The van der Waals surface area contributed by atoms with E-state index in [0.29, 0.717) is 0 Å². The number of amidine groups is 1. The van der Waals surface area contributed by atoms with Gasteiger partial charge in [-0.15, -0.1) is 0 Å². The van der Waals surface area contributed by atoms with E-state index in [1.165, 1.54) is 6.42 Å². The Balaban J connectivity index is 2.75. The molecule has 1 rings (SSSR count). The van der Waals surface area contributed by atoms with Crippen molar-refractivity contribution in [1.82, 2.24) is 5.32 Å². The van der Waals surface area contributed by atoms with Gasteiger partial charge in [0.25, 0.3) is 0 Å². The molecular formula is C10H20N4O. The molecule has 0 radical (unpaired) electrons. The third kappa shape index (κ3) is 3.11. The van der Waals surface area contributed by atoms with Gasteiger partial charge in [0.05, 0.1) is 5.54 Å². The molecule has 5 nitrogen and oxygen atoms in total. The van der Waals surface area contributed by atoms with Crippen molar-refractivity contribution in [2.24, 2.45) is 11.5 Å². The van der Waals surface area contributed by atoms with Crippen molar-refractivity contribution < 1.29 is 4.79 Å². The number of hydrogen-bond donors (Lipinski definition) is 4. The largest absolute Gasteiger partial charge is 0.386 e. The fourth-order valence-corrected chi connectivity index (χ4v) is 2.21. The molecule has 0 heterocycles. The maximum Gasteiger partial charge on any atom is 0.312 e. The Bertz CT molecular complexity index is 244. The van der Waals surface area contributed by atoms with E-state index in [-0.39, 0.29) is 5.84 Å². The zero-order valence-corrected chi connectivity index (χ0v) is 9.01. The lowest BCUT2D eigenvalue weighted by atomic mass is 9.83. The first-order valence-electron chi connectivity index (χ1n) is 5.49. The molecule has 1 aliphatic carbocycles. The summed E-state index contributed by atoms with van der Waals surface area (Å²) in [5, 5.41) is 10.3. The first-order chi connectivity index (χ1) is 7.07. The van der Waals surface area contributed by atoms with Crippen molar-refractivity contribution in [3.05, 3.63) is 0 Å². The summed E-state index contributed by atoms with van der Waals surface area (Å²) in [4.78, 5) is 10.9. The van der Waals surface area contributed by atoms with Crippen LogP contribution in [0.5, 0.6) is 0 Å². The molecule has 0 bridgehead atoms. The molecule has 0 atom stereocenters. The van der Waals surface area contributed by atoms with Crippen LogP contribution in [0, 0.1) is 5.41 Å². The molecule has 0 aromatic carbocycles. The van der Waals surface area contributed by atoms with Gasteiger partial charge in [-0.1, -0.05) is 32.1 Å². The maximum absolute atomic E-state index is 10.9. The van der Waals surface area contributed by atoms with E-state index in [1.54, 1.807) is 0 Å². The van der Waals surface area contributed by atoms with Gasteiger partial charge in [0.1, 0.15) is 5.84 Å². The fourth-order valence-electron chi connectivity index (χ4n) is 2.21. The van der Waals surface area contributed by atoms with Crippen molar-refractivity contribution in [3.8, 4) is 0 Å². The second-order valence-electron chi connectivity index (χ2n) is 4.25. The number of hydrogen-bond acceptors (Lipinski definition) is 2. The second-order valence-corrected chi connectivity index (χ2v) is 4.25. The zero-order chi connectivity index (χ0) is 11.3. The van der Waals surface area contributed by atoms with Crippen LogP contribution in [0.2, 0.25) is 0 Å². The molecule has 6 N–H and O–H groups in total. The molecule has 0 spiro atoms. The van der Waals surface area contributed by atoms with Gasteiger partial charge in [-0.2, -0.15) is 0 Å². The minimum absolute atomic E-state index is 0.0307. The number of amides is 2. The Morgan fingerprint density at radius 1 is 1.07 bits per heavy atom. The van der Waals surface area contributed by atoms with Crippen molar-refractivity contribution in [3.63, 3.8) is 0 Å². The fraction of sp³-hybridized carbons (Fsp3) is 0.800. The molecule has 0 aromatic rings. The summed E-state index contributed by atoms with van der Waals surface area (Å²) in [5.74, 6) is 0.0307. The zero-order valence-electron chi connectivity index (χ0n) is 9.01. The van der Waals surface area contributed by atoms with E-state index in [9.17, 15) is 4.79 Å². The first-order valence-corrected chi connectivity index (χ1v) is 5.49. The van der Waals surface area contributed by atoms with Crippen LogP contribution in [0.4, 0.5) is 4.79 Å². The van der Waals surface area contributed by atoms with Crippen molar-refractivity contribution in [2.45, 2.75) is 50.5 Å². The second kappa shape index (κ2) is 5.00. The standard InChI is InChI=1S/C10H20N4O/c11-8(12)10(14-9(13)15)6-4-2-1-3-5-7-10/h1-7H2,(H3,11,12)(H3,13,14,15). The highest BCUT2D eigenvalue weighted by molar-refractivity contribution is 5.91. The SMILES string of the molecule is N=C(N)C1(NC(N)=O)CCCCCCC1. The Hall–Kier alpha value is -1.26. The normalized spacial score (nSPS) is 21.1. The Kier molecular flexibility index (Phi) is 3.94. The highest BCUT2D eigenvalue weighted by Crippen LogP contribution is 2.26. The predicted octanol–water partition coefficient (Wildman–Crippen LogP) is 1.07. The Labute approximate surface area is 90.1 Å². The van der Waals surface area contributed by atoms with Crippen LogP contribution in [0.25, 0.3) is 0 Å². The van der Waals surface area contributed by atoms with Gasteiger partial charge in [-0.25, -0.2) is 4.79 Å². The molecule has 1 saturated carbocycles. The van der Waals surface area contributed by atoms with Gasteiger partial charge < -0.3 is 16.8 Å². The molecule has 0 aliphatic heterocycles. The predicted molar refractivity (Wildman–Crippen MR) is 59.7 cm³/mol. The number of rotatable bonds is 2. The van der Waals surface area contributed by atoms with Gasteiger partial charge >= 0.3 is 6.03 Å². The summed E-state index contributed by atoms with van der Waals surface area (Å²) < 4.78 is 0. The minimum atomic E-state index is -0.688. The lowest BCUT2D eigenvalue weighted by molar-refractivity contribution is 0.235. The molecule has 0 unspecified atom stereocenters. The number of nitrogens with one attached hydrogen (secondary N) is 2. The van der Waals surface area contributed by atoms with Crippen LogP contribution in [0.3, 0.4) is 0 Å². The third-order valence-electron chi connectivity index (χ3n) is 3.09. The van der Waals surface area contributed by atoms with Gasteiger partial charge in [0, 0.05) is 0 Å². The first kappa shape index (κ1) is 11.8. The molecule has 2 amide bonds. The lowest BCUT2D eigenvalue weighted by Gasteiger charge is -2.34. The number of carbonyl (C=O) groups is 1. The molecule has 1 aliphatic rings. The van der Waals surface area contributed by atoms with Crippen molar-refractivity contribution >= 4 is 11.9 Å². The number of primary amides is 1. The van der Waals surface area contributed by atoms with E-state index in [0.717, 1.165) is 38.5 Å². The average Bonchev–Trinajstić information content (AvgIpc) is 2.08. The molecule has 0 aromatic heterocycles. The number of urea groups is 1. The molecule has 15 heavy (non-hydrogen) atoms. The third-order valence-corrected chi connectivity index (χ3v) is 3.09. The molecule has 0 saturated heterocycles. The van der Waals surface area contributed by atoms with Gasteiger partial charge in [0.2, 0.25) is 0 Å². The van der Waals surface area contributed by atoms with Crippen LogP contribution in [-0.2, 0) is 0 Å². The van der Waals surface area contributed by atoms with Crippen molar-refractivity contribution in [2.75, 3.05) is 0 Å². The topological polar surface area (TPSA) is 105 Å². The Morgan fingerprint density at radius 2 is 1.53 bits per heavy atom. The lowest BCUT2D eigenvalue weighted by Crippen LogP contribution is -2.58. The highest BCUT2D eigenvalue weighted by atomic mass is 16.2. The van der Waals surface area contributed by atoms with Gasteiger partial charge in [-0.3, -0.25) is 5.41 Å². The number of nitrogens with two attached hydrogens (primary N) is 2. The van der Waals surface area contributed by atoms with Crippen LogP contribution in [0.15, 0.2) is 0 Å². The molecule has 5 heteroatoms. The Morgan fingerprint density at radius 3 is 1.93 bits per heavy atom. The van der Waals surface area contributed by atoms with Crippen LogP contribution < -0.4 is 16.8 Å². The minimum Gasteiger partial charge on any atom is -0.386 e. The molecule has 86 valence electrons. The summed E-state index contributed by atoms with van der Waals surface area (Å²) in [5.41, 5.74) is 10.0. The molecule has 1 fully saturated rings. The smallest absolute Gasteiger partial charge is 0.312 e. The van der Waals surface area contributed by atoms with Gasteiger partial charge in [0.15, 0.2) is 0 Å². The quantitative estimate of drug-likeness (QED) is 0.406. The summed E-state index contributed by atoms with van der Waals surface area (Å²) in [6.45, 7) is 0. The summed E-state index contributed by atoms with van der Waals surface area (Å²) in [6.07, 6.45) is 6.92. The van der Waals surface area contributed by atoms with Crippen LogP contribution in [-0.4, -0.2) is 17.4 Å².